The molecule has 0 bridgehead atoms. The van der Waals surface area contributed by atoms with Crippen LogP contribution in [0, 0.1) is 0 Å². The van der Waals surface area contributed by atoms with Gasteiger partial charge in [0.15, 0.2) is 0 Å². The van der Waals surface area contributed by atoms with Crippen molar-refractivity contribution in [1.29, 1.82) is 0 Å². The molecule has 0 fully saturated rings. The molecule has 3 heteroatoms. The lowest BCUT2D eigenvalue weighted by atomic mass is 11.0. The van der Waals surface area contributed by atoms with Crippen molar-refractivity contribution in [2.45, 2.75) is 0 Å². The largest absolute Gasteiger partial charge is 0.235 e. The Balaban J connectivity index is 2.86. The molecule has 3 nitrogen and oxygen atoms in total. The summed E-state index contributed by atoms with van der Waals surface area (Å²) in [7, 11) is 0. The zero-order valence-corrected chi connectivity index (χ0v) is 3.57. The number of rotatable bonds is 0. The molecule has 0 aliphatic carbocycles. The van der Waals surface area contributed by atoms with E-state index in [-0.39, 0.29) is 0 Å². The summed E-state index contributed by atoms with van der Waals surface area (Å²) < 4.78 is 0. The Bertz CT molecular complexity index is 144. The number of nitrogens with zero attached hydrogens (tertiary/aromatic N) is 3. The molecule has 0 saturated carbocycles. The van der Waals surface area contributed by atoms with Gasteiger partial charge in [-0.2, -0.15) is 4.99 Å². The topological polar surface area (TPSA) is 37.1 Å². The lowest BCUT2D eigenvalue weighted by Gasteiger charge is -1.61. The van der Waals surface area contributed by atoms with Crippen molar-refractivity contribution in [2.75, 3.05) is 0 Å². The van der Waals surface area contributed by atoms with Gasteiger partial charge in [0, 0.05) is 5.87 Å². The predicted octanol–water partition coefficient (Wildman–Crippen LogP) is 0.240. The fourth-order valence-electron chi connectivity index (χ4n) is 0.235. The molecular weight excluding hydrogens is 90.1 g/mol. The quantitative estimate of drug-likeness (QED) is 0.411. The first-order valence-corrected chi connectivity index (χ1v) is 1.80. The van der Waals surface area contributed by atoms with Crippen molar-refractivity contribution >= 4 is 18.5 Å². The summed E-state index contributed by atoms with van der Waals surface area (Å²) in [6, 6.07) is 0. The van der Waals surface area contributed by atoms with Gasteiger partial charge in [-0.15, -0.1) is 0 Å². The third kappa shape index (κ3) is 1.11. The van der Waals surface area contributed by atoms with Crippen LogP contribution >= 0.6 is 0 Å². The lowest BCUT2D eigenvalue weighted by Crippen LogP contribution is -1.60. The molecule has 0 radical (unpaired) electrons. The standard InChI is InChI=1S/C4H3N3/c1-2-6-4-7-3-5-1/h1,3-4H. The summed E-state index contributed by atoms with van der Waals surface area (Å²) >= 11 is 0. The summed E-state index contributed by atoms with van der Waals surface area (Å²) in [5.41, 5.74) is 0. The molecular formula is C4H3N3. The Morgan fingerprint density at radius 3 is 3.14 bits per heavy atom. The summed E-state index contributed by atoms with van der Waals surface area (Å²) in [5.74, 6) is 2.50. The van der Waals surface area contributed by atoms with Crippen LogP contribution in [0.5, 0.6) is 0 Å². The molecule has 34 valence electrons. The van der Waals surface area contributed by atoms with Crippen LogP contribution in [0.4, 0.5) is 0 Å². The van der Waals surface area contributed by atoms with Gasteiger partial charge in [-0.05, 0) is 0 Å². The molecule has 0 saturated heterocycles. The molecule has 0 aromatic heterocycles. The van der Waals surface area contributed by atoms with Crippen LogP contribution in [0.3, 0.4) is 0 Å². The Labute approximate surface area is 40.8 Å². The van der Waals surface area contributed by atoms with Crippen LogP contribution in [0.2, 0.25) is 0 Å². The van der Waals surface area contributed by atoms with E-state index >= 15 is 0 Å². The zero-order valence-electron chi connectivity index (χ0n) is 3.57. The summed E-state index contributed by atoms with van der Waals surface area (Å²) in [5, 5.41) is 0. The average molecular weight is 93.1 g/mol. The molecule has 0 unspecified atom stereocenters. The van der Waals surface area contributed by atoms with Crippen LogP contribution in [-0.4, -0.2) is 18.5 Å². The van der Waals surface area contributed by atoms with Gasteiger partial charge >= 0.3 is 0 Å². The molecule has 7 heavy (non-hydrogen) atoms. The number of hydrogen-bond acceptors (Lipinski definition) is 3. The molecule has 1 aliphatic heterocycles. The fourth-order valence-corrected chi connectivity index (χ4v) is 0.235. The van der Waals surface area contributed by atoms with Gasteiger partial charge in [0.25, 0.3) is 0 Å². The van der Waals surface area contributed by atoms with Gasteiger partial charge in [0.1, 0.15) is 12.7 Å². The maximum Gasteiger partial charge on any atom is 0.127 e. The Hall–Kier alpha value is -1.21. The van der Waals surface area contributed by atoms with Crippen molar-refractivity contribution in [3.8, 4) is 0 Å². The monoisotopic (exact) mass is 93.0 g/mol. The normalized spacial score (nSPS) is 14.9. The van der Waals surface area contributed by atoms with Gasteiger partial charge in [0.05, 0.1) is 6.20 Å². The number of aliphatic imine (C=N–C) groups is 3. The minimum absolute atomic E-state index is 1.38. The minimum Gasteiger partial charge on any atom is -0.235 e. The van der Waals surface area contributed by atoms with E-state index in [4.69, 9.17) is 0 Å². The Kier molecular flexibility index (Phi) is 1.16. The van der Waals surface area contributed by atoms with E-state index in [0.29, 0.717) is 0 Å². The van der Waals surface area contributed by atoms with Gasteiger partial charge in [-0.25, -0.2) is 9.98 Å². The van der Waals surface area contributed by atoms with Gasteiger partial charge in [-0.1, -0.05) is 0 Å². The van der Waals surface area contributed by atoms with Crippen LogP contribution in [-0.2, 0) is 0 Å². The maximum absolute atomic E-state index is 3.62. The molecule has 0 amide bonds. The first-order valence-electron chi connectivity index (χ1n) is 1.80. The predicted molar refractivity (Wildman–Crippen MR) is 29.0 cm³/mol. The highest BCUT2D eigenvalue weighted by molar-refractivity contribution is 5.79. The van der Waals surface area contributed by atoms with E-state index in [1.807, 2.05) is 0 Å². The van der Waals surface area contributed by atoms with Crippen molar-refractivity contribution in [2.24, 2.45) is 15.0 Å². The Morgan fingerprint density at radius 1 is 1.14 bits per heavy atom. The summed E-state index contributed by atoms with van der Waals surface area (Å²) in [4.78, 5) is 10.8. The molecule has 0 atom stereocenters. The molecule has 1 rings (SSSR count). The first-order chi connectivity index (χ1) is 3.50. The highest BCUT2D eigenvalue weighted by Gasteiger charge is 1.64. The third-order valence-electron chi connectivity index (χ3n) is 0.465. The smallest absolute Gasteiger partial charge is 0.127 e. The van der Waals surface area contributed by atoms with E-state index in [0.717, 1.165) is 0 Å². The average Bonchev–Trinajstić information content (AvgIpc) is 1.90. The van der Waals surface area contributed by atoms with E-state index in [2.05, 4.69) is 20.8 Å². The zero-order chi connectivity index (χ0) is 4.95. The van der Waals surface area contributed by atoms with Crippen LogP contribution < -0.4 is 0 Å². The molecule has 0 spiro atoms. The van der Waals surface area contributed by atoms with E-state index < -0.39 is 0 Å². The van der Waals surface area contributed by atoms with Crippen LogP contribution in [0.1, 0.15) is 0 Å². The fraction of sp³-hybridized carbons (Fsp3) is 0. The summed E-state index contributed by atoms with van der Waals surface area (Å²) in [6.45, 7) is 0. The van der Waals surface area contributed by atoms with Crippen molar-refractivity contribution in [1.82, 2.24) is 0 Å². The molecule has 1 aliphatic rings. The van der Waals surface area contributed by atoms with Gasteiger partial charge < -0.3 is 0 Å². The highest BCUT2D eigenvalue weighted by Crippen LogP contribution is 1.69. The lowest BCUT2D eigenvalue weighted by molar-refractivity contribution is 1.60. The van der Waals surface area contributed by atoms with E-state index in [1.165, 1.54) is 18.9 Å². The molecule has 1 heterocycles. The van der Waals surface area contributed by atoms with Gasteiger partial charge in [-0.3, -0.25) is 0 Å². The second-order valence-corrected chi connectivity index (χ2v) is 0.916. The number of hydrogen-bond donors (Lipinski definition) is 0. The first kappa shape index (κ1) is 3.96. The van der Waals surface area contributed by atoms with Crippen LogP contribution in [0.25, 0.3) is 0 Å². The highest BCUT2D eigenvalue weighted by atomic mass is 14.9. The SMILES string of the molecule is C1=CN=CN=CN=1. The summed E-state index contributed by atoms with van der Waals surface area (Å²) in [6.07, 6.45) is 4.24. The molecule has 0 N–H and O–H groups in total. The van der Waals surface area contributed by atoms with Crippen molar-refractivity contribution in [3.05, 3.63) is 6.20 Å². The van der Waals surface area contributed by atoms with Crippen molar-refractivity contribution < 1.29 is 0 Å². The van der Waals surface area contributed by atoms with Crippen molar-refractivity contribution in [3.63, 3.8) is 0 Å². The molecule has 0 aromatic rings. The maximum atomic E-state index is 3.62. The second kappa shape index (κ2) is 2.05. The van der Waals surface area contributed by atoms with E-state index in [9.17, 15) is 0 Å². The third-order valence-corrected chi connectivity index (χ3v) is 0.465. The van der Waals surface area contributed by atoms with Gasteiger partial charge in [0.2, 0.25) is 0 Å². The minimum atomic E-state index is 1.38. The van der Waals surface area contributed by atoms with Crippen LogP contribution in [0.15, 0.2) is 21.2 Å². The molecule has 0 aromatic carbocycles. The second-order valence-electron chi connectivity index (χ2n) is 0.916. The van der Waals surface area contributed by atoms with E-state index in [1.54, 1.807) is 0 Å². The Morgan fingerprint density at radius 2 is 2.14 bits per heavy atom.